The lowest BCUT2D eigenvalue weighted by Gasteiger charge is -2.36. The molecule has 1 aliphatic rings. The van der Waals surface area contributed by atoms with E-state index in [9.17, 15) is 0 Å². The maximum absolute atomic E-state index is 4.61. The van der Waals surface area contributed by atoms with Gasteiger partial charge >= 0.3 is 0 Å². The molecule has 1 unspecified atom stereocenters. The lowest BCUT2D eigenvalue weighted by Crippen LogP contribution is -2.40. The van der Waals surface area contributed by atoms with Crippen LogP contribution in [0.25, 0.3) is 11.4 Å². The number of aromatic nitrogens is 3. The maximum atomic E-state index is 4.61. The van der Waals surface area contributed by atoms with Crippen molar-refractivity contribution < 1.29 is 0 Å². The quantitative estimate of drug-likeness (QED) is 0.665. The second-order valence-corrected chi connectivity index (χ2v) is 7.30. The molecular weight excluding hydrogens is 346 g/mol. The van der Waals surface area contributed by atoms with E-state index in [1.807, 2.05) is 24.3 Å². The first-order valence-electron chi connectivity index (χ1n) is 10.1. The number of likely N-dealkylation sites (tertiary alicyclic amines) is 1. The molecule has 0 amide bonds. The Balaban J connectivity index is 1.33. The van der Waals surface area contributed by atoms with Gasteiger partial charge in [-0.1, -0.05) is 42.8 Å². The van der Waals surface area contributed by atoms with Crippen molar-refractivity contribution >= 4 is 5.95 Å². The molecule has 28 heavy (non-hydrogen) atoms. The number of hydrogen-bond acceptors (Lipinski definition) is 5. The molecule has 5 heteroatoms. The fraction of sp³-hybridized carbons (Fsp3) is 0.348. The van der Waals surface area contributed by atoms with Crippen molar-refractivity contribution in [2.45, 2.75) is 38.3 Å². The Bertz CT molecular complexity index is 853. The lowest BCUT2D eigenvalue weighted by molar-refractivity contribution is 0.135. The second kappa shape index (κ2) is 9.42. The molecular formula is C23H27N5. The van der Waals surface area contributed by atoms with Gasteiger partial charge in [-0.25, -0.2) is 9.97 Å². The average Bonchev–Trinajstić information content (AvgIpc) is 2.77. The molecule has 1 aliphatic heterocycles. The highest BCUT2D eigenvalue weighted by Gasteiger charge is 2.22. The highest BCUT2D eigenvalue weighted by Crippen LogP contribution is 2.22. The van der Waals surface area contributed by atoms with Crippen LogP contribution in [0.1, 0.15) is 31.2 Å². The molecule has 2 aromatic heterocycles. The van der Waals surface area contributed by atoms with Crippen molar-refractivity contribution in [1.82, 2.24) is 19.9 Å². The van der Waals surface area contributed by atoms with Gasteiger partial charge in [-0.3, -0.25) is 9.88 Å². The van der Waals surface area contributed by atoms with E-state index in [4.69, 9.17) is 0 Å². The average molecular weight is 374 g/mol. The number of rotatable bonds is 7. The summed E-state index contributed by atoms with van der Waals surface area (Å²) in [6.07, 6.45) is 8.57. The zero-order valence-electron chi connectivity index (χ0n) is 16.2. The third-order valence-electron chi connectivity index (χ3n) is 5.32. The summed E-state index contributed by atoms with van der Waals surface area (Å²) >= 11 is 0. The summed E-state index contributed by atoms with van der Waals surface area (Å²) in [6.45, 7) is 3.10. The number of hydrogen-bond donors (Lipinski definition) is 1. The van der Waals surface area contributed by atoms with Gasteiger partial charge in [0.25, 0.3) is 0 Å². The summed E-state index contributed by atoms with van der Waals surface area (Å²) in [5.41, 5.74) is 3.12. The van der Waals surface area contributed by atoms with Crippen LogP contribution in [-0.2, 0) is 6.54 Å². The van der Waals surface area contributed by atoms with Gasteiger partial charge in [0.2, 0.25) is 5.95 Å². The third kappa shape index (κ3) is 4.93. The van der Waals surface area contributed by atoms with Crippen molar-refractivity contribution in [3.05, 3.63) is 72.6 Å². The zero-order chi connectivity index (χ0) is 19.0. The van der Waals surface area contributed by atoms with Crippen molar-refractivity contribution in [3.8, 4) is 11.4 Å². The minimum atomic E-state index is 0.612. The van der Waals surface area contributed by atoms with Crippen molar-refractivity contribution in [3.63, 3.8) is 0 Å². The van der Waals surface area contributed by atoms with E-state index in [1.54, 1.807) is 12.4 Å². The normalized spacial score (nSPS) is 17.4. The Morgan fingerprint density at radius 1 is 0.893 bits per heavy atom. The van der Waals surface area contributed by atoms with Gasteiger partial charge in [0.15, 0.2) is 0 Å². The molecule has 1 N–H and O–H groups in total. The number of nitrogens with one attached hydrogen (secondary N) is 1. The fourth-order valence-corrected chi connectivity index (χ4v) is 3.86. The number of pyridine rings is 1. The highest BCUT2D eigenvalue weighted by molar-refractivity contribution is 5.54. The van der Waals surface area contributed by atoms with Crippen molar-refractivity contribution in [1.29, 1.82) is 0 Å². The van der Waals surface area contributed by atoms with Crippen molar-refractivity contribution in [2.24, 2.45) is 0 Å². The van der Waals surface area contributed by atoms with Crippen LogP contribution in [-0.4, -0.2) is 39.0 Å². The summed E-state index contributed by atoms with van der Waals surface area (Å²) in [6, 6.07) is 19.1. The zero-order valence-corrected chi connectivity index (χ0v) is 16.2. The number of benzene rings is 1. The molecule has 3 heterocycles. The van der Waals surface area contributed by atoms with Crippen LogP contribution in [0.15, 0.2) is 67.0 Å². The van der Waals surface area contributed by atoms with Crippen LogP contribution in [0.2, 0.25) is 0 Å². The molecule has 5 nitrogen and oxygen atoms in total. The highest BCUT2D eigenvalue weighted by atomic mass is 15.2. The summed E-state index contributed by atoms with van der Waals surface area (Å²) in [4.78, 5) is 16.0. The SMILES string of the molecule is c1ccc(CN2CCCCC2CCNc2nccc(-c3ccccn3)n2)cc1. The largest absolute Gasteiger partial charge is 0.354 e. The summed E-state index contributed by atoms with van der Waals surface area (Å²) in [7, 11) is 0. The monoisotopic (exact) mass is 373 g/mol. The van der Waals surface area contributed by atoms with E-state index in [0.29, 0.717) is 12.0 Å². The molecule has 4 rings (SSSR count). The molecule has 0 spiro atoms. The lowest BCUT2D eigenvalue weighted by atomic mass is 9.98. The van der Waals surface area contributed by atoms with Crippen LogP contribution in [0.5, 0.6) is 0 Å². The Kier molecular flexibility index (Phi) is 6.25. The fourth-order valence-electron chi connectivity index (χ4n) is 3.86. The second-order valence-electron chi connectivity index (χ2n) is 7.30. The third-order valence-corrected chi connectivity index (χ3v) is 5.32. The van der Waals surface area contributed by atoms with Gasteiger partial charge < -0.3 is 5.32 Å². The van der Waals surface area contributed by atoms with Crippen LogP contribution >= 0.6 is 0 Å². The Labute approximate surface area is 166 Å². The van der Waals surface area contributed by atoms with Gasteiger partial charge in [0.1, 0.15) is 0 Å². The van der Waals surface area contributed by atoms with Gasteiger partial charge in [-0.15, -0.1) is 0 Å². The van der Waals surface area contributed by atoms with Crippen LogP contribution in [0.3, 0.4) is 0 Å². The predicted molar refractivity (Wildman–Crippen MR) is 113 cm³/mol. The smallest absolute Gasteiger partial charge is 0.223 e. The van der Waals surface area contributed by atoms with Gasteiger partial charge in [-0.05, 0) is 49.6 Å². The molecule has 1 fully saturated rings. The van der Waals surface area contributed by atoms with Gasteiger partial charge in [-0.2, -0.15) is 0 Å². The Hall–Kier alpha value is -2.79. The molecule has 144 valence electrons. The van der Waals surface area contributed by atoms with E-state index in [0.717, 1.165) is 30.9 Å². The first kappa shape index (κ1) is 18.6. The Morgan fingerprint density at radius 2 is 1.79 bits per heavy atom. The van der Waals surface area contributed by atoms with E-state index in [2.05, 4.69) is 55.5 Å². The predicted octanol–water partition coefficient (Wildman–Crippen LogP) is 4.40. The molecule has 1 atom stereocenters. The van der Waals surface area contributed by atoms with E-state index in [-0.39, 0.29) is 0 Å². The minimum Gasteiger partial charge on any atom is -0.354 e. The molecule has 0 saturated carbocycles. The first-order valence-corrected chi connectivity index (χ1v) is 10.1. The Morgan fingerprint density at radius 3 is 2.64 bits per heavy atom. The summed E-state index contributed by atoms with van der Waals surface area (Å²) in [5, 5.41) is 3.41. The summed E-state index contributed by atoms with van der Waals surface area (Å²) < 4.78 is 0. The molecule has 0 aliphatic carbocycles. The van der Waals surface area contributed by atoms with Gasteiger partial charge in [0.05, 0.1) is 11.4 Å². The van der Waals surface area contributed by atoms with E-state index < -0.39 is 0 Å². The minimum absolute atomic E-state index is 0.612. The molecule has 1 saturated heterocycles. The topological polar surface area (TPSA) is 53.9 Å². The maximum Gasteiger partial charge on any atom is 0.223 e. The van der Waals surface area contributed by atoms with E-state index >= 15 is 0 Å². The number of nitrogens with zero attached hydrogens (tertiary/aromatic N) is 4. The van der Waals surface area contributed by atoms with Crippen LogP contribution in [0, 0.1) is 0 Å². The first-order chi connectivity index (χ1) is 13.9. The van der Waals surface area contributed by atoms with Crippen LogP contribution < -0.4 is 5.32 Å². The standard InChI is InChI=1S/C23H27N5/c1-2-8-19(9-3-1)18-28-17-7-5-10-20(28)12-15-25-23-26-16-13-22(27-23)21-11-4-6-14-24-21/h1-4,6,8-9,11,13-14,16,20H,5,7,10,12,15,17-18H2,(H,25,26,27). The molecule has 0 bridgehead atoms. The van der Waals surface area contributed by atoms with E-state index in [1.165, 1.54) is 31.4 Å². The number of anilines is 1. The summed E-state index contributed by atoms with van der Waals surface area (Å²) in [5.74, 6) is 0.675. The van der Waals surface area contributed by atoms with Crippen LogP contribution in [0.4, 0.5) is 5.95 Å². The molecule has 1 aromatic carbocycles. The number of piperidine rings is 1. The molecule has 0 radical (unpaired) electrons. The molecule has 3 aromatic rings. The van der Waals surface area contributed by atoms with Gasteiger partial charge in [0, 0.05) is 31.5 Å². The van der Waals surface area contributed by atoms with Crippen molar-refractivity contribution in [2.75, 3.05) is 18.4 Å².